The second-order valence-corrected chi connectivity index (χ2v) is 5.31. The number of benzene rings is 1. The highest BCUT2D eigenvalue weighted by atomic mass is 16.5. The second kappa shape index (κ2) is 8.02. The molecule has 1 unspecified atom stereocenters. The normalized spacial score (nSPS) is 19.9. The average Bonchev–Trinajstić information content (AvgIpc) is 2.46. The second-order valence-electron chi connectivity index (χ2n) is 5.31. The number of aryl methyl sites for hydroxylation is 1. The fraction of sp³-hybridized carbons (Fsp3) is 0.562. The lowest BCUT2D eigenvalue weighted by Crippen LogP contribution is -2.46. The van der Waals surface area contributed by atoms with Gasteiger partial charge in [-0.2, -0.15) is 0 Å². The van der Waals surface area contributed by atoms with Crippen molar-refractivity contribution in [3.05, 3.63) is 35.9 Å². The summed E-state index contributed by atoms with van der Waals surface area (Å²) in [5.41, 5.74) is 1.37. The SMILES string of the molecule is O=C(O)CC1COCCN1CCCCc1ccccc1. The van der Waals surface area contributed by atoms with E-state index in [-0.39, 0.29) is 12.5 Å². The third kappa shape index (κ3) is 4.94. The molecule has 1 N–H and O–H groups in total. The van der Waals surface area contributed by atoms with E-state index >= 15 is 0 Å². The third-order valence-electron chi connectivity index (χ3n) is 3.76. The number of hydrogen-bond donors (Lipinski definition) is 1. The molecule has 1 saturated heterocycles. The van der Waals surface area contributed by atoms with Gasteiger partial charge in [-0.15, -0.1) is 0 Å². The number of carboxylic acids is 1. The highest BCUT2D eigenvalue weighted by molar-refractivity contribution is 5.67. The maximum Gasteiger partial charge on any atom is 0.305 e. The molecule has 0 aromatic heterocycles. The van der Waals surface area contributed by atoms with Gasteiger partial charge >= 0.3 is 5.97 Å². The van der Waals surface area contributed by atoms with Crippen molar-refractivity contribution in [1.82, 2.24) is 4.90 Å². The molecule has 110 valence electrons. The van der Waals surface area contributed by atoms with Gasteiger partial charge in [0.2, 0.25) is 0 Å². The highest BCUT2D eigenvalue weighted by Crippen LogP contribution is 2.13. The molecular weight excluding hydrogens is 254 g/mol. The van der Waals surface area contributed by atoms with Crippen molar-refractivity contribution in [3.8, 4) is 0 Å². The molecule has 1 heterocycles. The molecule has 4 nitrogen and oxygen atoms in total. The summed E-state index contributed by atoms with van der Waals surface area (Å²) in [6.45, 7) is 3.08. The van der Waals surface area contributed by atoms with Crippen molar-refractivity contribution < 1.29 is 14.6 Å². The topological polar surface area (TPSA) is 49.8 Å². The number of carbonyl (C=O) groups is 1. The monoisotopic (exact) mass is 277 g/mol. The van der Waals surface area contributed by atoms with Crippen LogP contribution in [0.3, 0.4) is 0 Å². The lowest BCUT2D eigenvalue weighted by atomic mass is 10.1. The zero-order valence-electron chi connectivity index (χ0n) is 11.8. The van der Waals surface area contributed by atoms with E-state index in [2.05, 4.69) is 29.2 Å². The van der Waals surface area contributed by atoms with Crippen LogP contribution in [-0.2, 0) is 16.0 Å². The number of hydrogen-bond acceptors (Lipinski definition) is 3. The number of morpholine rings is 1. The molecule has 0 aliphatic carbocycles. The van der Waals surface area contributed by atoms with E-state index in [9.17, 15) is 4.79 Å². The van der Waals surface area contributed by atoms with Gasteiger partial charge in [-0.05, 0) is 31.4 Å². The summed E-state index contributed by atoms with van der Waals surface area (Å²) < 4.78 is 5.38. The van der Waals surface area contributed by atoms with Crippen molar-refractivity contribution in [2.24, 2.45) is 0 Å². The molecule has 1 aliphatic heterocycles. The van der Waals surface area contributed by atoms with Gasteiger partial charge in [0.05, 0.1) is 19.6 Å². The fourth-order valence-electron chi connectivity index (χ4n) is 2.66. The molecule has 1 fully saturated rings. The molecule has 0 spiro atoms. The standard InChI is InChI=1S/C16H23NO3/c18-16(19)12-15-13-20-11-10-17(15)9-5-4-8-14-6-2-1-3-7-14/h1-3,6-7,15H,4-5,8-13H2,(H,18,19). The Balaban J connectivity index is 1.70. The summed E-state index contributed by atoms with van der Waals surface area (Å²) in [7, 11) is 0. The molecule has 1 aromatic rings. The molecular formula is C16H23NO3. The first-order valence-electron chi connectivity index (χ1n) is 7.33. The Bertz CT molecular complexity index is 407. The molecule has 20 heavy (non-hydrogen) atoms. The minimum Gasteiger partial charge on any atom is -0.481 e. The fourth-order valence-corrected chi connectivity index (χ4v) is 2.66. The van der Waals surface area contributed by atoms with Crippen LogP contribution in [0.5, 0.6) is 0 Å². The summed E-state index contributed by atoms with van der Waals surface area (Å²) in [6.07, 6.45) is 3.51. The van der Waals surface area contributed by atoms with Crippen LogP contribution in [0, 0.1) is 0 Å². The molecule has 2 rings (SSSR count). The van der Waals surface area contributed by atoms with E-state index in [0.717, 1.165) is 39.0 Å². The summed E-state index contributed by atoms with van der Waals surface area (Å²) >= 11 is 0. The first kappa shape index (κ1) is 15.0. The van der Waals surface area contributed by atoms with Gasteiger partial charge in [-0.25, -0.2) is 0 Å². The van der Waals surface area contributed by atoms with Gasteiger partial charge in [-0.1, -0.05) is 30.3 Å². The van der Waals surface area contributed by atoms with E-state index in [0.29, 0.717) is 6.61 Å². The zero-order chi connectivity index (χ0) is 14.2. The highest BCUT2D eigenvalue weighted by Gasteiger charge is 2.24. The van der Waals surface area contributed by atoms with Gasteiger partial charge in [0, 0.05) is 12.6 Å². The molecule has 0 amide bonds. The summed E-state index contributed by atoms with van der Waals surface area (Å²) in [6, 6.07) is 10.5. The van der Waals surface area contributed by atoms with Crippen LogP contribution in [0.1, 0.15) is 24.8 Å². The van der Waals surface area contributed by atoms with Crippen LogP contribution in [0.15, 0.2) is 30.3 Å². The van der Waals surface area contributed by atoms with Gasteiger partial charge in [0.15, 0.2) is 0 Å². The van der Waals surface area contributed by atoms with Crippen molar-refractivity contribution >= 4 is 5.97 Å². The van der Waals surface area contributed by atoms with Crippen molar-refractivity contribution in [2.75, 3.05) is 26.3 Å². The first-order chi connectivity index (χ1) is 9.75. The van der Waals surface area contributed by atoms with Crippen LogP contribution in [0.2, 0.25) is 0 Å². The first-order valence-corrected chi connectivity index (χ1v) is 7.33. The van der Waals surface area contributed by atoms with E-state index in [1.54, 1.807) is 0 Å². The summed E-state index contributed by atoms with van der Waals surface area (Å²) in [5.74, 6) is -0.741. The Hall–Kier alpha value is -1.39. The van der Waals surface area contributed by atoms with E-state index in [1.807, 2.05) is 6.07 Å². The van der Waals surface area contributed by atoms with Crippen molar-refractivity contribution in [1.29, 1.82) is 0 Å². The predicted octanol–water partition coefficient (Wildman–Crippen LogP) is 2.18. The van der Waals surface area contributed by atoms with Gasteiger partial charge in [-0.3, -0.25) is 9.69 Å². The molecule has 0 saturated carbocycles. The number of ether oxygens (including phenoxy) is 1. The Kier molecular flexibility index (Phi) is 6.02. The molecule has 4 heteroatoms. The Morgan fingerprint density at radius 1 is 1.30 bits per heavy atom. The Morgan fingerprint density at radius 3 is 2.85 bits per heavy atom. The molecule has 1 aromatic carbocycles. The minimum absolute atomic E-state index is 0.0398. The van der Waals surface area contributed by atoms with Gasteiger partial charge in [0.1, 0.15) is 0 Å². The van der Waals surface area contributed by atoms with Crippen molar-refractivity contribution in [3.63, 3.8) is 0 Å². The number of aliphatic carboxylic acids is 1. The average molecular weight is 277 g/mol. The van der Waals surface area contributed by atoms with E-state index < -0.39 is 5.97 Å². The van der Waals surface area contributed by atoms with Crippen LogP contribution in [0.25, 0.3) is 0 Å². The lowest BCUT2D eigenvalue weighted by molar-refractivity contribution is -0.140. The molecule has 1 atom stereocenters. The molecule has 0 radical (unpaired) electrons. The van der Waals surface area contributed by atoms with E-state index in [1.165, 1.54) is 5.56 Å². The zero-order valence-corrected chi connectivity index (χ0v) is 11.8. The van der Waals surface area contributed by atoms with Crippen LogP contribution in [0.4, 0.5) is 0 Å². The number of rotatable bonds is 7. The maximum absolute atomic E-state index is 10.8. The summed E-state index contributed by atoms with van der Waals surface area (Å²) in [4.78, 5) is 13.1. The van der Waals surface area contributed by atoms with Crippen molar-refractivity contribution in [2.45, 2.75) is 31.7 Å². The van der Waals surface area contributed by atoms with Crippen LogP contribution in [-0.4, -0.2) is 48.3 Å². The Labute approximate surface area is 120 Å². The Morgan fingerprint density at radius 2 is 2.10 bits per heavy atom. The number of unbranched alkanes of at least 4 members (excludes halogenated alkanes) is 1. The van der Waals surface area contributed by atoms with Crippen LogP contribution >= 0.6 is 0 Å². The lowest BCUT2D eigenvalue weighted by Gasteiger charge is -2.34. The third-order valence-corrected chi connectivity index (χ3v) is 3.76. The van der Waals surface area contributed by atoms with Crippen LogP contribution < -0.4 is 0 Å². The predicted molar refractivity (Wildman–Crippen MR) is 77.8 cm³/mol. The van der Waals surface area contributed by atoms with Gasteiger partial charge in [0.25, 0.3) is 0 Å². The quantitative estimate of drug-likeness (QED) is 0.776. The maximum atomic E-state index is 10.8. The summed E-state index contributed by atoms with van der Waals surface area (Å²) in [5, 5.41) is 8.92. The number of carboxylic acid groups (broad SMARTS) is 1. The molecule has 1 aliphatic rings. The minimum atomic E-state index is -0.741. The smallest absolute Gasteiger partial charge is 0.305 e. The molecule has 0 bridgehead atoms. The number of nitrogens with zero attached hydrogens (tertiary/aromatic N) is 1. The largest absolute Gasteiger partial charge is 0.481 e. The van der Waals surface area contributed by atoms with E-state index in [4.69, 9.17) is 9.84 Å². The van der Waals surface area contributed by atoms with Gasteiger partial charge < -0.3 is 9.84 Å².